The number of primary amides is 1. The van der Waals surface area contributed by atoms with Crippen LogP contribution in [0.3, 0.4) is 0 Å². The minimum absolute atomic E-state index is 0.195. The van der Waals surface area contributed by atoms with Crippen LogP contribution in [0.4, 0.5) is 0 Å². The van der Waals surface area contributed by atoms with Gasteiger partial charge in [-0.15, -0.1) is 0 Å². The number of rotatable bonds is 3. The first kappa shape index (κ1) is 14.7. The Balaban J connectivity index is 2.37. The molecule has 1 amide bonds. The molecule has 0 unspecified atom stereocenters. The number of aldehydes is 1. The molecule has 1 heterocycles. The molecule has 0 aliphatic carbocycles. The van der Waals surface area contributed by atoms with Gasteiger partial charge in [0.15, 0.2) is 6.29 Å². The lowest BCUT2D eigenvalue weighted by Crippen LogP contribution is -2.41. The lowest BCUT2D eigenvalue weighted by molar-refractivity contribution is 0.00578. The van der Waals surface area contributed by atoms with Crippen LogP contribution in [0.1, 0.15) is 48.4 Å². The monoisotopic (exact) mass is 275 g/mol. The van der Waals surface area contributed by atoms with E-state index in [0.29, 0.717) is 11.7 Å². The number of amides is 1. The average Bonchev–Trinajstić information content (AvgIpc) is 2.57. The molecule has 0 atom stereocenters. The van der Waals surface area contributed by atoms with E-state index in [2.05, 4.69) is 0 Å². The van der Waals surface area contributed by atoms with E-state index in [4.69, 9.17) is 15.0 Å². The van der Waals surface area contributed by atoms with Crippen molar-refractivity contribution in [3.8, 4) is 0 Å². The molecule has 2 N–H and O–H groups in total. The van der Waals surface area contributed by atoms with Gasteiger partial charge in [-0.1, -0.05) is 12.1 Å². The number of carbonyl (C=O) groups is 2. The third-order valence-electron chi connectivity index (χ3n) is 3.99. The van der Waals surface area contributed by atoms with Crippen molar-refractivity contribution in [3.05, 3.63) is 29.3 Å². The van der Waals surface area contributed by atoms with Crippen molar-refractivity contribution < 1.29 is 18.9 Å². The van der Waals surface area contributed by atoms with Gasteiger partial charge in [-0.2, -0.15) is 0 Å². The van der Waals surface area contributed by atoms with Gasteiger partial charge in [0.25, 0.3) is 0 Å². The van der Waals surface area contributed by atoms with Crippen LogP contribution in [0.2, 0.25) is 0 Å². The summed E-state index contributed by atoms with van der Waals surface area (Å²) in [6.45, 7) is 7.80. The fourth-order valence-corrected chi connectivity index (χ4v) is 2.03. The molecule has 106 valence electrons. The smallest absolute Gasteiger partial charge is 0.399 e. The molecule has 0 spiro atoms. The van der Waals surface area contributed by atoms with Crippen LogP contribution in [0, 0.1) is 0 Å². The first-order valence-corrected chi connectivity index (χ1v) is 6.42. The SMILES string of the molecule is CC1(C)OB(c2ccc(C(N)=O)c(C=O)c2)OC1(C)C. The Hall–Kier alpha value is -1.66. The average molecular weight is 275 g/mol. The highest BCUT2D eigenvalue weighted by Crippen LogP contribution is 2.36. The largest absolute Gasteiger partial charge is 0.494 e. The van der Waals surface area contributed by atoms with Gasteiger partial charge in [0.05, 0.1) is 11.2 Å². The predicted molar refractivity (Wildman–Crippen MR) is 76.1 cm³/mol. The summed E-state index contributed by atoms with van der Waals surface area (Å²) >= 11 is 0. The number of nitrogens with two attached hydrogens (primary N) is 1. The Bertz CT molecular complexity index is 552. The van der Waals surface area contributed by atoms with Gasteiger partial charge in [0.2, 0.25) is 5.91 Å². The van der Waals surface area contributed by atoms with E-state index < -0.39 is 24.2 Å². The quantitative estimate of drug-likeness (QED) is 0.656. The zero-order valence-electron chi connectivity index (χ0n) is 12.1. The molecule has 2 rings (SSSR count). The number of carbonyl (C=O) groups excluding carboxylic acids is 2. The molecule has 1 aromatic carbocycles. The zero-order valence-corrected chi connectivity index (χ0v) is 12.1. The summed E-state index contributed by atoms with van der Waals surface area (Å²) < 4.78 is 11.8. The maximum Gasteiger partial charge on any atom is 0.494 e. The minimum Gasteiger partial charge on any atom is -0.399 e. The Morgan fingerprint density at radius 1 is 1.20 bits per heavy atom. The van der Waals surface area contributed by atoms with Crippen molar-refractivity contribution in [2.24, 2.45) is 5.73 Å². The number of hydrogen-bond donors (Lipinski definition) is 1. The van der Waals surface area contributed by atoms with Crippen LogP contribution < -0.4 is 11.2 Å². The molecule has 6 heteroatoms. The molecule has 0 saturated carbocycles. The van der Waals surface area contributed by atoms with Crippen molar-refractivity contribution in [2.45, 2.75) is 38.9 Å². The molecule has 1 aliphatic rings. The van der Waals surface area contributed by atoms with E-state index in [0.717, 1.165) is 0 Å². The molecule has 1 aliphatic heterocycles. The molecule has 1 fully saturated rings. The topological polar surface area (TPSA) is 78.6 Å². The van der Waals surface area contributed by atoms with Crippen molar-refractivity contribution >= 4 is 24.8 Å². The highest BCUT2D eigenvalue weighted by molar-refractivity contribution is 6.62. The highest BCUT2D eigenvalue weighted by Gasteiger charge is 2.51. The van der Waals surface area contributed by atoms with Gasteiger partial charge >= 0.3 is 7.12 Å². The van der Waals surface area contributed by atoms with Crippen LogP contribution in [0.5, 0.6) is 0 Å². The fraction of sp³-hybridized carbons (Fsp3) is 0.429. The Kier molecular flexibility index (Phi) is 3.48. The second-order valence-electron chi connectivity index (χ2n) is 5.92. The van der Waals surface area contributed by atoms with Crippen molar-refractivity contribution in [1.29, 1.82) is 0 Å². The normalized spacial score (nSPS) is 19.9. The lowest BCUT2D eigenvalue weighted by Gasteiger charge is -2.32. The summed E-state index contributed by atoms with van der Waals surface area (Å²) in [4.78, 5) is 22.3. The summed E-state index contributed by atoms with van der Waals surface area (Å²) in [6.07, 6.45) is 0.606. The van der Waals surface area contributed by atoms with Crippen molar-refractivity contribution in [3.63, 3.8) is 0 Å². The zero-order chi connectivity index (χ0) is 15.1. The summed E-state index contributed by atoms with van der Waals surface area (Å²) in [5.74, 6) is -0.632. The summed E-state index contributed by atoms with van der Waals surface area (Å²) in [5.41, 5.74) is 5.43. The first-order chi connectivity index (χ1) is 9.18. The summed E-state index contributed by atoms with van der Waals surface area (Å²) in [5, 5.41) is 0. The fourth-order valence-electron chi connectivity index (χ4n) is 2.03. The van der Waals surface area contributed by atoms with Gasteiger partial charge in [0.1, 0.15) is 0 Å². The van der Waals surface area contributed by atoms with Gasteiger partial charge < -0.3 is 15.0 Å². The van der Waals surface area contributed by atoms with E-state index in [9.17, 15) is 9.59 Å². The third kappa shape index (κ3) is 2.36. The van der Waals surface area contributed by atoms with Crippen molar-refractivity contribution in [1.82, 2.24) is 0 Å². The highest BCUT2D eigenvalue weighted by atomic mass is 16.7. The van der Waals surface area contributed by atoms with Crippen LogP contribution >= 0.6 is 0 Å². The second-order valence-corrected chi connectivity index (χ2v) is 5.92. The first-order valence-electron chi connectivity index (χ1n) is 6.42. The lowest BCUT2D eigenvalue weighted by atomic mass is 9.78. The Morgan fingerprint density at radius 3 is 2.20 bits per heavy atom. The van der Waals surface area contributed by atoms with Crippen LogP contribution in [0.15, 0.2) is 18.2 Å². The third-order valence-corrected chi connectivity index (χ3v) is 3.99. The Morgan fingerprint density at radius 2 is 1.75 bits per heavy atom. The summed E-state index contributed by atoms with van der Waals surface area (Å²) in [7, 11) is -0.569. The summed E-state index contributed by atoms with van der Waals surface area (Å²) in [6, 6.07) is 4.79. The second kappa shape index (κ2) is 4.72. The van der Waals surface area contributed by atoms with Gasteiger partial charge in [-0.25, -0.2) is 0 Å². The molecule has 0 radical (unpaired) electrons. The molecule has 20 heavy (non-hydrogen) atoms. The van der Waals surface area contributed by atoms with Gasteiger partial charge in [-0.05, 0) is 39.2 Å². The van der Waals surface area contributed by atoms with Crippen LogP contribution in [-0.2, 0) is 9.31 Å². The number of hydrogen-bond acceptors (Lipinski definition) is 4. The predicted octanol–water partition coefficient (Wildman–Crippen LogP) is 0.897. The standard InChI is InChI=1S/C14H18BNO4/c1-13(2)14(3,4)20-15(19-13)10-5-6-11(12(16)18)9(7-10)8-17/h5-8H,1-4H3,(H2,16,18). The molecule has 1 saturated heterocycles. The minimum atomic E-state index is -0.632. The molecular formula is C14H18BNO4. The molecule has 0 bridgehead atoms. The molecule has 0 aromatic heterocycles. The molecule has 5 nitrogen and oxygen atoms in total. The van der Waals surface area contributed by atoms with Gasteiger partial charge in [-0.3, -0.25) is 9.59 Å². The van der Waals surface area contributed by atoms with Crippen LogP contribution in [0.25, 0.3) is 0 Å². The molecule has 1 aromatic rings. The van der Waals surface area contributed by atoms with E-state index in [1.165, 1.54) is 6.07 Å². The Labute approximate surface area is 118 Å². The van der Waals surface area contributed by atoms with Crippen molar-refractivity contribution in [2.75, 3.05) is 0 Å². The van der Waals surface area contributed by atoms with E-state index in [-0.39, 0.29) is 11.1 Å². The van der Waals surface area contributed by atoms with E-state index in [1.807, 2.05) is 27.7 Å². The maximum absolute atomic E-state index is 11.2. The number of benzene rings is 1. The van der Waals surface area contributed by atoms with Crippen LogP contribution in [-0.4, -0.2) is 30.5 Å². The molecular weight excluding hydrogens is 257 g/mol. The van der Waals surface area contributed by atoms with E-state index in [1.54, 1.807) is 12.1 Å². The van der Waals surface area contributed by atoms with E-state index >= 15 is 0 Å². The van der Waals surface area contributed by atoms with Gasteiger partial charge in [0, 0.05) is 11.1 Å². The maximum atomic E-state index is 11.2.